The Kier molecular flexibility index (Phi) is 4.68. The lowest BCUT2D eigenvalue weighted by molar-refractivity contribution is -0.130. The van der Waals surface area contributed by atoms with Gasteiger partial charge in [0.15, 0.2) is 0 Å². The molecule has 0 spiro atoms. The largest absolute Gasteiger partial charge is 0.343 e. The maximum atomic E-state index is 12.6. The molecule has 5 nitrogen and oxygen atoms in total. The fourth-order valence-electron chi connectivity index (χ4n) is 2.59. The van der Waals surface area contributed by atoms with Crippen molar-refractivity contribution in [1.82, 2.24) is 9.21 Å². The summed E-state index contributed by atoms with van der Waals surface area (Å²) in [7, 11) is -1.64. The third kappa shape index (κ3) is 3.44. The predicted octanol–water partition coefficient (Wildman–Crippen LogP) is 1.63. The number of amides is 1. The maximum absolute atomic E-state index is 12.6. The summed E-state index contributed by atoms with van der Waals surface area (Å²) in [5.74, 6) is 0.0230. The summed E-state index contributed by atoms with van der Waals surface area (Å²) < 4.78 is 26.6. The van der Waals surface area contributed by atoms with Gasteiger partial charge in [-0.1, -0.05) is 17.7 Å². The highest BCUT2D eigenvalue weighted by Crippen LogP contribution is 2.23. The molecule has 1 amide bonds. The van der Waals surface area contributed by atoms with Gasteiger partial charge >= 0.3 is 0 Å². The summed E-state index contributed by atoms with van der Waals surface area (Å²) in [6, 6.07) is 7.05. The second-order valence-electron chi connectivity index (χ2n) is 5.58. The summed E-state index contributed by atoms with van der Waals surface area (Å²) in [6.45, 7) is 4.38. The van der Waals surface area contributed by atoms with E-state index in [1.54, 1.807) is 24.1 Å². The van der Waals surface area contributed by atoms with Gasteiger partial charge in [0.05, 0.1) is 4.90 Å². The Morgan fingerprint density at radius 3 is 2.19 bits per heavy atom. The molecule has 21 heavy (non-hydrogen) atoms. The minimum absolute atomic E-state index is 0.0230. The highest BCUT2D eigenvalue weighted by atomic mass is 32.2. The molecule has 1 heterocycles. The summed E-state index contributed by atoms with van der Waals surface area (Å²) in [5, 5.41) is 0. The number of hydrogen-bond acceptors (Lipinski definition) is 3. The summed E-state index contributed by atoms with van der Waals surface area (Å²) >= 11 is 0. The van der Waals surface area contributed by atoms with E-state index in [-0.39, 0.29) is 11.9 Å². The molecule has 1 aromatic rings. The first kappa shape index (κ1) is 16.0. The van der Waals surface area contributed by atoms with Crippen LogP contribution in [0.15, 0.2) is 29.2 Å². The standard InChI is InChI=1S/C15H22N2O3S/c1-12-4-6-15(7-5-12)21(19,20)17-10-8-14(9-11-17)16(3)13(2)18/h4-7,14H,8-11H2,1-3H3. The molecule has 1 aromatic carbocycles. The number of carbonyl (C=O) groups is 1. The van der Waals surface area contributed by atoms with Crippen molar-refractivity contribution in [3.63, 3.8) is 0 Å². The van der Waals surface area contributed by atoms with E-state index in [1.165, 1.54) is 11.2 Å². The zero-order valence-corrected chi connectivity index (χ0v) is 13.6. The Labute approximate surface area is 126 Å². The van der Waals surface area contributed by atoms with Crippen LogP contribution in [-0.4, -0.2) is 49.7 Å². The molecular formula is C15H22N2O3S. The van der Waals surface area contributed by atoms with Crippen LogP contribution in [0.3, 0.4) is 0 Å². The van der Waals surface area contributed by atoms with E-state index in [4.69, 9.17) is 0 Å². The van der Waals surface area contributed by atoms with Gasteiger partial charge in [-0.3, -0.25) is 4.79 Å². The monoisotopic (exact) mass is 310 g/mol. The fraction of sp³-hybridized carbons (Fsp3) is 0.533. The second kappa shape index (κ2) is 6.15. The van der Waals surface area contributed by atoms with Gasteiger partial charge in [0.1, 0.15) is 0 Å². The maximum Gasteiger partial charge on any atom is 0.243 e. The topological polar surface area (TPSA) is 57.7 Å². The first-order chi connectivity index (χ1) is 9.82. The van der Waals surface area contributed by atoms with Gasteiger partial charge in [0, 0.05) is 33.1 Å². The zero-order chi connectivity index (χ0) is 15.6. The van der Waals surface area contributed by atoms with E-state index in [0.29, 0.717) is 30.8 Å². The number of nitrogens with zero attached hydrogens (tertiary/aromatic N) is 2. The van der Waals surface area contributed by atoms with Crippen molar-refractivity contribution in [1.29, 1.82) is 0 Å². The van der Waals surface area contributed by atoms with E-state index >= 15 is 0 Å². The van der Waals surface area contributed by atoms with Crippen LogP contribution in [0.2, 0.25) is 0 Å². The summed E-state index contributed by atoms with van der Waals surface area (Å²) in [6.07, 6.45) is 1.36. The van der Waals surface area contributed by atoms with Crippen molar-refractivity contribution in [2.45, 2.75) is 37.6 Å². The quantitative estimate of drug-likeness (QED) is 0.852. The van der Waals surface area contributed by atoms with Crippen LogP contribution < -0.4 is 0 Å². The highest BCUT2D eigenvalue weighted by molar-refractivity contribution is 7.89. The molecule has 0 aliphatic carbocycles. The Balaban J connectivity index is 2.07. The van der Waals surface area contributed by atoms with Gasteiger partial charge in [0.2, 0.25) is 15.9 Å². The van der Waals surface area contributed by atoms with Crippen molar-refractivity contribution >= 4 is 15.9 Å². The SMILES string of the molecule is CC(=O)N(C)C1CCN(S(=O)(=O)c2ccc(C)cc2)CC1. The molecule has 0 N–H and O–H groups in total. The van der Waals surface area contributed by atoms with Gasteiger partial charge in [0.25, 0.3) is 0 Å². The van der Waals surface area contributed by atoms with Gasteiger partial charge in [-0.15, -0.1) is 0 Å². The molecule has 1 aliphatic rings. The second-order valence-corrected chi connectivity index (χ2v) is 7.52. The normalized spacial score (nSPS) is 17.7. The van der Waals surface area contributed by atoms with Crippen molar-refractivity contribution in [3.05, 3.63) is 29.8 Å². The van der Waals surface area contributed by atoms with Crippen LogP contribution in [0.5, 0.6) is 0 Å². The minimum atomic E-state index is -3.42. The van der Waals surface area contributed by atoms with Crippen LogP contribution in [0.1, 0.15) is 25.3 Å². The molecule has 1 fully saturated rings. The molecule has 0 radical (unpaired) electrons. The Morgan fingerprint density at radius 1 is 1.19 bits per heavy atom. The number of hydrogen-bond donors (Lipinski definition) is 0. The first-order valence-corrected chi connectivity index (χ1v) is 8.56. The Bertz CT molecular complexity index is 602. The molecule has 0 atom stereocenters. The molecule has 0 aromatic heterocycles. The average molecular weight is 310 g/mol. The molecule has 0 unspecified atom stereocenters. The third-order valence-electron chi connectivity index (χ3n) is 4.13. The first-order valence-electron chi connectivity index (χ1n) is 7.12. The number of aryl methyl sites for hydroxylation is 1. The third-order valence-corrected chi connectivity index (χ3v) is 6.04. The lowest BCUT2D eigenvalue weighted by atomic mass is 10.1. The van der Waals surface area contributed by atoms with Gasteiger partial charge in [-0.25, -0.2) is 8.42 Å². The number of carbonyl (C=O) groups excluding carboxylic acids is 1. The van der Waals surface area contributed by atoms with E-state index < -0.39 is 10.0 Å². The molecule has 6 heteroatoms. The highest BCUT2D eigenvalue weighted by Gasteiger charge is 2.31. The Hall–Kier alpha value is -1.40. The number of rotatable bonds is 3. The molecule has 0 saturated carbocycles. The number of piperidine rings is 1. The van der Waals surface area contributed by atoms with Gasteiger partial charge in [-0.05, 0) is 31.9 Å². The average Bonchev–Trinajstić information content (AvgIpc) is 2.47. The van der Waals surface area contributed by atoms with Crippen molar-refractivity contribution in [3.8, 4) is 0 Å². The lowest BCUT2D eigenvalue weighted by Gasteiger charge is -2.35. The predicted molar refractivity (Wildman–Crippen MR) is 81.4 cm³/mol. The van der Waals surface area contributed by atoms with Gasteiger partial charge < -0.3 is 4.90 Å². The molecule has 1 saturated heterocycles. The smallest absolute Gasteiger partial charge is 0.243 e. The molecule has 2 rings (SSSR count). The summed E-state index contributed by atoms with van der Waals surface area (Å²) in [5.41, 5.74) is 1.04. The number of benzene rings is 1. The fourth-order valence-corrected chi connectivity index (χ4v) is 4.06. The van der Waals surface area contributed by atoms with Gasteiger partial charge in [-0.2, -0.15) is 4.31 Å². The van der Waals surface area contributed by atoms with Crippen LogP contribution in [-0.2, 0) is 14.8 Å². The minimum Gasteiger partial charge on any atom is -0.343 e. The van der Waals surface area contributed by atoms with Crippen LogP contribution in [0, 0.1) is 6.92 Å². The van der Waals surface area contributed by atoms with E-state index in [9.17, 15) is 13.2 Å². The van der Waals surface area contributed by atoms with Crippen LogP contribution in [0.25, 0.3) is 0 Å². The molecule has 0 bridgehead atoms. The van der Waals surface area contributed by atoms with Crippen molar-refractivity contribution < 1.29 is 13.2 Å². The van der Waals surface area contributed by atoms with Crippen LogP contribution in [0.4, 0.5) is 0 Å². The van der Waals surface area contributed by atoms with E-state index in [1.807, 2.05) is 19.1 Å². The van der Waals surface area contributed by atoms with E-state index in [2.05, 4.69) is 0 Å². The van der Waals surface area contributed by atoms with Crippen LogP contribution >= 0.6 is 0 Å². The summed E-state index contributed by atoms with van der Waals surface area (Å²) in [4.78, 5) is 13.4. The lowest BCUT2D eigenvalue weighted by Crippen LogP contribution is -2.46. The zero-order valence-electron chi connectivity index (χ0n) is 12.7. The number of sulfonamides is 1. The van der Waals surface area contributed by atoms with Crippen molar-refractivity contribution in [2.24, 2.45) is 0 Å². The molecular weight excluding hydrogens is 288 g/mol. The van der Waals surface area contributed by atoms with Crippen molar-refractivity contribution in [2.75, 3.05) is 20.1 Å². The Morgan fingerprint density at radius 2 is 1.71 bits per heavy atom. The molecule has 1 aliphatic heterocycles. The van der Waals surface area contributed by atoms with E-state index in [0.717, 1.165) is 5.56 Å². The molecule has 116 valence electrons.